The van der Waals surface area contributed by atoms with Gasteiger partial charge in [0.1, 0.15) is 11.6 Å². The first-order valence-electron chi connectivity index (χ1n) is 6.67. The molecule has 0 aliphatic heterocycles. The Morgan fingerprint density at radius 3 is 2.50 bits per heavy atom. The van der Waals surface area contributed by atoms with Gasteiger partial charge in [0.2, 0.25) is 0 Å². The van der Waals surface area contributed by atoms with Crippen LogP contribution in [0.25, 0.3) is 0 Å². The molecule has 1 amide bonds. The highest BCUT2D eigenvalue weighted by Crippen LogP contribution is 2.19. The molecule has 0 radical (unpaired) electrons. The number of hydrogen-bond donors (Lipinski definition) is 2. The number of nitrogens with one attached hydrogen (secondary N) is 1. The molecule has 2 N–H and O–H groups in total. The lowest BCUT2D eigenvalue weighted by Gasteiger charge is -2.22. The van der Waals surface area contributed by atoms with Crippen LogP contribution in [0, 0.1) is 5.82 Å². The third-order valence-corrected chi connectivity index (χ3v) is 2.64. The fourth-order valence-electron chi connectivity index (χ4n) is 1.72. The Bertz CT molecular complexity index is 553. The number of halogens is 1. The number of ether oxygens (including phenoxy) is 2. The molecule has 7 heteroatoms. The number of benzene rings is 1. The second-order valence-corrected chi connectivity index (χ2v) is 5.71. The molecule has 122 valence electrons. The van der Waals surface area contributed by atoms with Crippen LogP contribution < -0.4 is 10.1 Å². The fourth-order valence-corrected chi connectivity index (χ4v) is 1.72. The molecule has 0 fully saturated rings. The number of carboxylic acid groups (broad SMARTS) is 1. The minimum Gasteiger partial charge on any atom is -0.494 e. The Labute approximate surface area is 128 Å². The largest absolute Gasteiger partial charge is 0.494 e. The van der Waals surface area contributed by atoms with Crippen molar-refractivity contribution in [3.63, 3.8) is 0 Å². The van der Waals surface area contributed by atoms with Gasteiger partial charge >= 0.3 is 12.1 Å². The molecule has 1 aromatic rings. The number of rotatable bonds is 5. The van der Waals surface area contributed by atoms with Crippen LogP contribution in [-0.4, -0.2) is 35.9 Å². The molecule has 0 heterocycles. The lowest BCUT2D eigenvalue weighted by Crippen LogP contribution is -2.44. The Kier molecular flexibility index (Phi) is 5.73. The van der Waals surface area contributed by atoms with Gasteiger partial charge in [-0.1, -0.05) is 6.07 Å². The van der Waals surface area contributed by atoms with Crippen molar-refractivity contribution in [2.45, 2.75) is 38.8 Å². The lowest BCUT2D eigenvalue weighted by atomic mass is 10.1. The van der Waals surface area contributed by atoms with Gasteiger partial charge in [0, 0.05) is 6.42 Å². The number of carbonyl (C=O) groups is 2. The van der Waals surface area contributed by atoms with E-state index >= 15 is 0 Å². The molecule has 1 aromatic carbocycles. The minimum atomic E-state index is -1.21. The third-order valence-electron chi connectivity index (χ3n) is 2.64. The maximum absolute atomic E-state index is 13.3. The van der Waals surface area contributed by atoms with Crippen LogP contribution in [0.3, 0.4) is 0 Å². The summed E-state index contributed by atoms with van der Waals surface area (Å²) < 4.78 is 23.2. The lowest BCUT2D eigenvalue weighted by molar-refractivity contribution is -0.139. The van der Waals surface area contributed by atoms with Gasteiger partial charge < -0.3 is 19.9 Å². The van der Waals surface area contributed by atoms with Crippen molar-refractivity contribution >= 4 is 12.1 Å². The summed E-state index contributed by atoms with van der Waals surface area (Å²) in [5.74, 6) is -1.74. The van der Waals surface area contributed by atoms with E-state index in [-0.39, 0.29) is 12.2 Å². The van der Waals surface area contributed by atoms with E-state index in [1.165, 1.54) is 25.3 Å². The monoisotopic (exact) mass is 313 g/mol. The average Bonchev–Trinajstić information content (AvgIpc) is 2.37. The quantitative estimate of drug-likeness (QED) is 0.871. The molecule has 0 aliphatic rings. The van der Waals surface area contributed by atoms with Crippen molar-refractivity contribution in [1.29, 1.82) is 0 Å². The number of alkyl carbamates (subject to hydrolysis) is 1. The van der Waals surface area contributed by atoms with E-state index in [1.807, 2.05) is 0 Å². The van der Waals surface area contributed by atoms with Crippen molar-refractivity contribution in [2.24, 2.45) is 0 Å². The standard InChI is InChI=1S/C15H20FNO5/c1-15(2,3)22-14(20)17-11(13(18)19)7-9-5-6-10(16)12(8-9)21-4/h5-6,8,11H,7H2,1-4H3,(H,17,20)(H,18,19)/t11-/m0/s1. The number of methoxy groups -OCH3 is 1. The zero-order valence-electron chi connectivity index (χ0n) is 13.0. The zero-order chi connectivity index (χ0) is 16.9. The number of carboxylic acids is 1. The van der Waals surface area contributed by atoms with E-state index in [1.54, 1.807) is 20.8 Å². The molecule has 0 aromatic heterocycles. The van der Waals surface area contributed by atoms with Crippen LogP contribution in [0.4, 0.5) is 9.18 Å². The predicted octanol–water partition coefficient (Wildman–Crippen LogP) is 2.35. The minimum absolute atomic E-state index is 0.0129. The van der Waals surface area contributed by atoms with Crippen LogP contribution in [0.5, 0.6) is 5.75 Å². The highest BCUT2D eigenvalue weighted by atomic mass is 19.1. The molecule has 0 unspecified atom stereocenters. The Hall–Kier alpha value is -2.31. The highest BCUT2D eigenvalue weighted by Gasteiger charge is 2.24. The van der Waals surface area contributed by atoms with E-state index in [2.05, 4.69) is 5.32 Å². The second kappa shape index (κ2) is 7.11. The van der Waals surface area contributed by atoms with Gasteiger partial charge in [-0.25, -0.2) is 14.0 Å². The van der Waals surface area contributed by atoms with Crippen LogP contribution in [0.1, 0.15) is 26.3 Å². The number of hydrogen-bond acceptors (Lipinski definition) is 4. The number of carbonyl (C=O) groups excluding carboxylic acids is 1. The molecule has 1 atom stereocenters. The summed E-state index contributed by atoms with van der Waals surface area (Å²) in [5, 5.41) is 11.5. The molecule has 22 heavy (non-hydrogen) atoms. The zero-order valence-corrected chi connectivity index (χ0v) is 13.0. The maximum Gasteiger partial charge on any atom is 0.408 e. The summed E-state index contributed by atoms with van der Waals surface area (Å²) in [5.41, 5.74) is -0.214. The van der Waals surface area contributed by atoms with Gasteiger partial charge in [-0.05, 0) is 38.5 Å². The normalized spacial score (nSPS) is 12.4. The van der Waals surface area contributed by atoms with E-state index < -0.39 is 29.5 Å². The summed E-state index contributed by atoms with van der Waals surface area (Å²) in [7, 11) is 1.32. The van der Waals surface area contributed by atoms with Gasteiger partial charge in [-0.3, -0.25) is 0 Å². The van der Waals surface area contributed by atoms with Crippen molar-refractivity contribution < 1.29 is 28.6 Å². The Morgan fingerprint density at radius 2 is 2.00 bits per heavy atom. The van der Waals surface area contributed by atoms with Gasteiger partial charge in [-0.2, -0.15) is 0 Å². The smallest absolute Gasteiger partial charge is 0.408 e. The van der Waals surface area contributed by atoms with E-state index in [9.17, 15) is 19.1 Å². The maximum atomic E-state index is 13.3. The fraction of sp³-hybridized carbons (Fsp3) is 0.467. The van der Waals surface area contributed by atoms with Crippen molar-refractivity contribution in [3.8, 4) is 5.75 Å². The predicted molar refractivity (Wildman–Crippen MR) is 77.4 cm³/mol. The Balaban J connectivity index is 2.81. The van der Waals surface area contributed by atoms with Gasteiger partial charge in [0.15, 0.2) is 11.6 Å². The first-order valence-corrected chi connectivity index (χ1v) is 6.67. The van der Waals surface area contributed by atoms with Crippen molar-refractivity contribution in [1.82, 2.24) is 5.32 Å². The van der Waals surface area contributed by atoms with E-state index in [0.29, 0.717) is 5.56 Å². The summed E-state index contributed by atoms with van der Waals surface area (Å²) in [4.78, 5) is 22.9. The molecule has 0 bridgehead atoms. The Morgan fingerprint density at radius 1 is 1.36 bits per heavy atom. The van der Waals surface area contributed by atoms with E-state index in [0.717, 1.165) is 0 Å². The molecule has 0 aliphatic carbocycles. The van der Waals surface area contributed by atoms with Crippen molar-refractivity contribution in [3.05, 3.63) is 29.6 Å². The summed E-state index contributed by atoms with van der Waals surface area (Å²) in [6.45, 7) is 5.02. The van der Waals surface area contributed by atoms with E-state index in [4.69, 9.17) is 9.47 Å². The molecular weight excluding hydrogens is 293 g/mol. The SMILES string of the molecule is COc1cc(C[C@H](NC(=O)OC(C)(C)C)C(=O)O)ccc1F. The van der Waals surface area contributed by atoms with Gasteiger partial charge in [0.05, 0.1) is 7.11 Å². The van der Waals surface area contributed by atoms with Gasteiger partial charge in [-0.15, -0.1) is 0 Å². The molecule has 0 saturated carbocycles. The summed E-state index contributed by atoms with van der Waals surface area (Å²) in [6, 6.07) is 2.82. The average molecular weight is 313 g/mol. The molecule has 0 saturated heterocycles. The molecule has 0 spiro atoms. The van der Waals surface area contributed by atoms with Crippen LogP contribution >= 0.6 is 0 Å². The van der Waals surface area contributed by atoms with Crippen LogP contribution in [0.2, 0.25) is 0 Å². The topological polar surface area (TPSA) is 84.9 Å². The number of amides is 1. The van der Waals surface area contributed by atoms with Crippen LogP contribution in [-0.2, 0) is 16.0 Å². The first-order chi connectivity index (χ1) is 10.1. The first kappa shape index (κ1) is 17.7. The summed E-state index contributed by atoms with van der Waals surface area (Å²) >= 11 is 0. The van der Waals surface area contributed by atoms with Gasteiger partial charge in [0.25, 0.3) is 0 Å². The van der Waals surface area contributed by atoms with Crippen LogP contribution in [0.15, 0.2) is 18.2 Å². The molecule has 6 nitrogen and oxygen atoms in total. The molecular formula is C15H20FNO5. The highest BCUT2D eigenvalue weighted by molar-refractivity contribution is 5.80. The molecule has 1 rings (SSSR count). The number of aliphatic carboxylic acids is 1. The van der Waals surface area contributed by atoms with Crippen molar-refractivity contribution in [2.75, 3.05) is 7.11 Å². The summed E-state index contributed by atoms with van der Waals surface area (Å²) in [6.07, 6.45) is -0.848. The third kappa shape index (κ3) is 5.59. The second-order valence-electron chi connectivity index (χ2n) is 5.71.